The Hall–Kier alpha value is -3.01. The molecule has 1 heterocycles. The second-order valence-electron chi connectivity index (χ2n) is 7.17. The Kier molecular flexibility index (Phi) is 10.6. The molecule has 9 nitrogen and oxygen atoms in total. The second-order valence-corrected chi connectivity index (χ2v) is 7.56. The van der Waals surface area contributed by atoms with Crippen LogP contribution >= 0.6 is 12.2 Å². The summed E-state index contributed by atoms with van der Waals surface area (Å²) in [5.41, 5.74) is 1.17. The van der Waals surface area contributed by atoms with Crippen molar-refractivity contribution in [2.45, 2.75) is 45.1 Å². The van der Waals surface area contributed by atoms with Gasteiger partial charge in [-0.05, 0) is 37.5 Å². The van der Waals surface area contributed by atoms with Crippen LogP contribution in [0.15, 0.2) is 30.3 Å². The number of ether oxygens (including phenoxy) is 2. The number of hydrogen-bond donors (Lipinski definition) is 2. The van der Waals surface area contributed by atoms with Gasteiger partial charge in [-0.25, -0.2) is 0 Å². The van der Waals surface area contributed by atoms with Gasteiger partial charge in [-0.3, -0.25) is 19.2 Å². The summed E-state index contributed by atoms with van der Waals surface area (Å²) in [4.78, 5) is 49.5. The topological polar surface area (TPSA) is 114 Å². The van der Waals surface area contributed by atoms with E-state index >= 15 is 0 Å². The summed E-state index contributed by atoms with van der Waals surface area (Å²) >= 11 is 5.26. The van der Waals surface area contributed by atoms with E-state index in [9.17, 15) is 19.2 Å². The van der Waals surface area contributed by atoms with Gasteiger partial charge < -0.3 is 25.0 Å². The van der Waals surface area contributed by atoms with Gasteiger partial charge in [-0.1, -0.05) is 30.3 Å². The van der Waals surface area contributed by atoms with Crippen molar-refractivity contribution in [3.05, 3.63) is 35.9 Å². The number of benzene rings is 1. The fraction of sp³-hybridized carbons (Fsp3) is 0.500. The van der Waals surface area contributed by atoms with E-state index in [2.05, 4.69) is 10.6 Å². The smallest absolute Gasteiger partial charge is 0.308 e. The zero-order valence-electron chi connectivity index (χ0n) is 18.1. The molecule has 1 aliphatic rings. The average molecular weight is 464 g/mol. The Balaban J connectivity index is 1.71. The quantitative estimate of drug-likeness (QED) is 0.301. The fourth-order valence-electron chi connectivity index (χ4n) is 3.19. The van der Waals surface area contributed by atoms with E-state index in [1.807, 2.05) is 30.3 Å². The van der Waals surface area contributed by atoms with Crippen LogP contribution < -0.4 is 10.6 Å². The molecule has 1 atom stereocenters. The van der Waals surface area contributed by atoms with E-state index in [0.717, 1.165) is 6.42 Å². The van der Waals surface area contributed by atoms with Crippen LogP contribution in [-0.2, 0) is 35.1 Å². The standard InChI is InChI=1S/C22H29N3O6S/c1-2-30-20(28)15-17-21(29)23-12-13-25(17)22(32)24-18(26)10-11-19(27)31-14-6-9-16-7-4-3-5-8-16/h3-5,7-8,17H,2,6,9-15H2,1H3,(H,23,29)(H,24,26,32). The minimum Gasteiger partial charge on any atom is -0.466 e. The van der Waals surface area contributed by atoms with Gasteiger partial charge in [0, 0.05) is 19.5 Å². The van der Waals surface area contributed by atoms with Crippen molar-refractivity contribution in [1.29, 1.82) is 0 Å². The summed E-state index contributed by atoms with van der Waals surface area (Å²) in [7, 11) is 0. The van der Waals surface area contributed by atoms with E-state index < -0.39 is 23.9 Å². The number of piperazine rings is 1. The minimum absolute atomic E-state index is 0.0374. The lowest BCUT2D eigenvalue weighted by Crippen LogP contribution is -2.60. The summed E-state index contributed by atoms with van der Waals surface area (Å²) in [6.45, 7) is 2.85. The molecule has 1 aliphatic heterocycles. The summed E-state index contributed by atoms with van der Waals surface area (Å²) in [6.07, 6.45) is 1.15. The SMILES string of the molecule is CCOC(=O)CC1C(=O)NCCN1C(=S)NC(=O)CCC(=O)OCCCc1ccccc1. The van der Waals surface area contributed by atoms with Gasteiger partial charge in [-0.15, -0.1) is 0 Å². The maximum Gasteiger partial charge on any atom is 0.308 e. The van der Waals surface area contributed by atoms with Gasteiger partial charge in [0.05, 0.1) is 26.1 Å². The van der Waals surface area contributed by atoms with Crippen molar-refractivity contribution in [2.24, 2.45) is 0 Å². The highest BCUT2D eigenvalue weighted by molar-refractivity contribution is 7.80. The number of amides is 2. The first kappa shape index (κ1) is 25.3. The maximum atomic E-state index is 12.2. The molecule has 0 bridgehead atoms. The summed E-state index contributed by atoms with van der Waals surface area (Å²) in [6, 6.07) is 9.03. The Morgan fingerprint density at radius 3 is 2.62 bits per heavy atom. The number of thiocarbonyl (C=S) groups is 1. The third-order valence-electron chi connectivity index (χ3n) is 4.78. The van der Waals surface area contributed by atoms with Crippen molar-refractivity contribution in [2.75, 3.05) is 26.3 Å². The number of aryl methyl sites for hydroxylation is 1. The highest BCUT2D eigenvalue weighted by Gasteiger charge is 2.34. The van der Waals surface area contributed by atoms with Crippen molar-refractivity contribution in [3.63, 3.8) is 0 Å². The molecule has 1 aromatic carbocycles. The first-order chi connectivity index (χ1) is 15.4. The molecule has 32 heavy (non-hydrogen) atoms. The number of nitrogens with zero attached hydrogens (tertiary/aromatic N) is 1. The highest BCUT2D eigenvalue weighted by atomic mass is 32.1. The van der Waals surface area contributed by atoms with Gasteiger partial charge in [0.2, 0.25) is 11.8 Å². The molecule has 0 aliphatic carbocycles. The van der Waals surface area contributed by atoms with Crippen molar-refractivity contribution < 1.29 is 28.7 Å². The van der Waals surface area contributed by atoms with Crippen molar-refractivity contribution in [3.8, 4) is 0 Å². The van der Waals surface area contributed by atoms with Crippen LogP contribution in [0.1, 0.15) is 38.2 Å². The Morgan fingerprint density at radius 2 is 1.91 bits per heavy atom. The lowest BCUT2D eigenvalue weighted by atomic mass is 10.1. The average Bonchev–Trinajstić information content (AvgIpc) is 2.77. The molecule has 10 heteroatoms. The maximum absolute atomic E-state index is 12.2. The molecule has 1 fully saturated rings. The van der Waals surface area contributed by atoms with Gasteiger partial charge in [0.25, 0.3) is 0 Å². The van der Waals surface area contributed by atoms with Crippen LogP contribution in [0.4, 0.5) is 0 Å². The van der Waals surface area contributed by atoms with Crippen LogP contribution in [0.25, 0.3) is 0 Å². The molecule has 1 saturated heterocycles. The number of rotatable bonds is 10. The molecule has 0 spiro atoms. The summed E-state index contributed by atoms with van der Waals surface area (Å²) in [5, 5.41) is 5.24. The first-order valence-corrected chi connectivity index (χ1v) is 11.0. The molecule has 0 aromatic heterocycles. The van der Waals surface area contributed by atoms with E-state index in [-0.39, 0.29) is 43.5 Å². The zero-order valence-corrected chi connectivity index (χ0v) is 18.9. The predicted octanol–water partition coefficient (Wildman–Crippen LogP) is 1.10. The number of esters is 2. The normalized spacial score (nSPS) is 15.5. The number of hydrogen-bond acceptors (Lipinski definition) is 7. The van der Waals surface area contributed by atoms with Gasteiger partial charge in [-0.2, -0.15) is 0 Å². The Morgan fingerprint density at radius 1 is 1.16 bits per heavy atom. The monoisotopic (exact) mass is 463 g/mol. The van der Waals surface area contributed by atoms with Crippen LogP contribution in [0.2, 0.25) is 0 Å². The van der Waals surface area contributed by atoms with Gasteiger partial charge >= 0.3 is 11.9 Å². The van der Waals surface area contributed by atoms with Crippen LogP contribution in [-0.4, -0.2) is 66.1 Å². The fourth-order valence-corrected chi connectivity index (χ4v) is 3.52. The summed E-state index contributed by atoms with van der Waals surface area (Å²) in [5.74, 6) is -1.81. The molecule has 0 saturated carbocycles. The van der Waals surface area contributed by atoms with Crippen LogP contribution in [0.5, 0.6) is 0 Å². The lowest BCUT2D eigenvalue weighted by molar-refractivity contribution is -0.147. The third kappa shape index (κ3) is 8.62. The largest absolute Gasteiger partial charge is 0.466 e. The van der Waals surface area contributed by atoms with E-state index in [0.29, 0.717) is 19.5 Å². The molecule has 1 unspecified atom stereocenters. The van der Waals surface area contributed by atoms with E-state index in [1.165, 1.54) is 10.5 Å². The van der Waals surface area contributed by atoms with Gasteiger partial charge in [0.15, 0.2) is 5.11 Å². The number of carbonyl (C=O) groups is 4. The van der Waals surface area contributed by atoms with Crippen LogP contribution in [0, 0.1) is 0 Å². The van der Waals surface area contributed by atoms with Gasteiger partial charge in [0.1, 0.15) is 6.04 Å². The van der Waals surface area contributed by atoms with Crippen molar-refractivity contribution in [1.82, 2.24) is 15.5 Å². The second kappa shape index (κ2) is 13.4. The molecular weight excluding hydrogens is 434 g/mol. The number of carbonyl (C=O) groups excluding carboxylic acids is 4. The summed E-state index contributed by atoms with van der Waals surface area (Å²) < 4.78 is 10.1. The highest BCUT2D eigenvalue weighted by Crippen LogP contribution is 2.11. The Bertz CT molecular complexity index is 817. The minimum atomic E-state index is -0.856. The Labute approximate surface area is 192 Å². The van der Waals surface area contributed by atoms with Crippen LogP contribution in [0.3, 0.4) is 0 Å². The van der Waals surface area contributed by atoms with E-state index in [4.69, 9.17) is 21.7 Å². The predicted molar refractivity (Wildman–Crippen MR) is 120 cm³/mol. The first-order valence-electron chi connectivity index (χ1n) is 10.6. The zero-order chi connectivity index (χ0) is 23.3. The lowest BCUT2D eigenvalue weighted by Gasteiger charge is -2.36. The molecule has 0 radical (unpaired) electrons. The third-order valence-corrected chi connectivity index (χ3v) is 5.11. The molecule has 174 valence electrons. The van der Waals surface area contributed by atoms with E-state index in [1.54, 1.807) is 6.92 Å². The molecule has 1 aromatic rings. The molecule has 2 rings (SSSR count). The molecule has 2 N–H and O–H groups in total. The number of nitrogens with one attached hydrogen (secondary N) is 2. The molecular formula is C22H29N3O6S. The molecule has 2 amide bonds. The van der Waals surface area contributed by atoms with Crippen molar-refractivity contribution >= 4 is 41.1 Å².